The summed E-state index contributed by atoms with van der Waals surface area (Å²) in [6.45, 7) is 10.1. The molecule has 0 amide bonds. The monoisotopic (exact) mass is 270 g/mol. The van der Waals surface area contributed by atoms with Gasteiger partial charge in [0.2, 0.25) is 0 Å². The van der Waals surface area contributed by atoms with Crippen molar-refractivity contribution in [3.8, 4) is 0 Å². The number of halogens is 1. The van der Waals surface area contributed by atoms with Gasteiger partial charge < -0.3 is 9.80 Å². The Labute approximate surface area is 115 Å². The third-order valence-corrected chi connectivity index (χ3v) is 3.31. The van der Waals surface area contributed by atoms with Gasteiger partial charge in [0.05, 0.1) is 0 Å². The Morgan fingerprint density at radius 1 is 1.22 bits per heavy atom. The molecule has 1 aromatic heterocycles. The summed E-state index contributed by atoms with van der Waals surface area (Å²) >= 11 is 6.14. The third-order valence-electron chi connectivity index (χ3n) is 2.95. The second kappa shape index (κ2) is 6.34. The number of hydrogen-bond donors (Lipinski definition) is 0. The molecule has 0 saturated carbocycles. The van der Waals surface area contributed by atoms with Crippen LogP contribution in [0.15, 0.2) is 0 Å². The first-order chi connectivity index (χ1) is 8.36. The number of hydrogen-bond acceptors (Lipinski definition) is 4. The molecule has 1 unspecified atom stereocenters. The van der Waals surface area contributed by atoms with Crippen LogP contribution < -0.4 is 4.90 Å². The zero-order valence-electron chi connectivity index (χ0n) is 12.2. The fourth-order valence-electron chi connectivity index (χ4n) is 2.16. The Hall–Kier alpha value is -0.870. The second-order valence-corrected chi connectivity index (χ2v) is 5.27. The number of aryl methyl sites for hydroxylation is 1. The summed E-state index contributed by atoms with van der Waals surface area (Å²) in [5, 5.41) is 0.549. The molecule has 0 aliphatic carbocycles. The Balaban J connectivity index is 3.08. The maximum atomic E-state index is 6.14. The highest BCUT2D eigenvalue weighted by atomic mass is 35.5. The van der Waals surface area contributed by atoms with E-state index in [2.05, 4.69) is 47.7 Å². The molecule has 0 N–H and O–H groups in total. The van der Waals surface area contributed by atoms with Crippen LogP contribution in [0.25, 0.3) is 0 Å². The van der Waals surface area contributed by atoms with Crippen LogP contribution in [0, 0.1) is 13.8 Å². The average molecular weight is 271 g/mol. The standard InChI is InChI=1S/C13H23ClN4/c1-7-18(9(2)8-17(5)6)13-10(3)12(14)15-11(4)16-13/h9H,7-8H2,1-6H3. The van der Waals surface area contributed by atoms with Gasteiger partial charge in [-0.1, -0.05) is 11.6 Å². The summed E-state index contributed by atoms with van der Waals surface area (Å²) in [4.78, 5) is 13.2. The minimum atomic E-state index is 0.383. The number of aromatic nitrogens is 2. The molecule has 0 saturated heterocycles. The van der Waals surface area contributed by atoms with E-state index < -0.39 is 0 Å². The molecule has 5 heteroatoms. The smallest absolute Gasteiger partial charge is 0.137 e. The minimum Gasteiger partial charge on any atom is -0.353 e. The Kier molecular flexibility index (Phi) is 5.35. The van der Waals surface area contributed by atoms with Crippen molar-refractivity contribution in [2.75, 3.05) is 32.1 Å². The lowest BCUT2D eigenvalue weighted by Gasteiger charge is -2.32. The lowest BCUT2D eigenvalue weighted by Crippen LogP contribution is -2.41. The topological polar surface area (TPSA) is 32.3 Å². The molecular weight excluding hydrogens is 248 g/mol. The first-order valence-corrected chi connectivity index (χ1v) is 6.66. The van der Waals surface area contributed by atoms with E-state index in [0.717, 1.165) is 30.3 Å². The quantitative estimate of drug-likeness (QED) is 0.770. The molecule has 0 aromatic carbocycles. The van der Waals surface area contributed by atoms with Gasteiger partial charge in [-0.05, 0) is 41.8 Å². The van der Waals surface area contributed by atoms with Crippen LogP contribution in [-0.2, 0) is 0 Å². The zero-order valence-corrected chi connectivity index (χ0v) is 12.9. The lowest BCUT2D eigenvalue weighted by atomic mass is 10.2. The largest absolute Gasteiger partial charge is 0.353 e. The van der Waals surface area contributed by atoms with E-state index in [9.17, 15) is 0 Å². The third kappa shape index (κ3) is 3.56. The van der Waals surface area contributed by atoms with E-state index in [1.165, 1.54) is 0 Å². The van der Waals surface area contributed by atoms with Crippen LogP contribution in [0.4, 0.5) is 5.82 Å². The Morgan fingerprint density at radius 3 is 2.33 bits per heavy atom. The molecule has 0 aliphatic heterocycles. The molecule has 1 aromatic rings. The molecule has 1 heterocycles. The second-order valence-electron chi connectivity index (χ2n) is 4.91. The SMILES string of the molecule is CCN(c1nc(C)nc(Cl)c1C)C(C)CN(C)C. The predicted molar refractivity (Wildman–Crippen MR) is 77.6 cm³/mol. The molecule has 0 radical (unpaired) electrons. The van der Waals surface area contributed by atoms with E-state index >= 15 is 0 Å². The van der Waals surface area contributed by atoms with Crippen molar-refractivity contribution in [2.45, 2.75) is 33.7 Å². The molecule has 0 bridgehead atoms. The maximum absolute atomic E-state index is 6.14. The summed E-state index contributed by atoms with van der Waals surface area (Å²) in [6.07, 6.45) is 0. The van der Waals surface area contributed by atoms with E-state index in [-0.39, 0.29) is 0 Å². The fourth-order valence-corrected chi connectivity index (χ4v) is 2.36. The highest BCUT2D eigenvalue weighted by molar-refractivity contribution is 6.30. The summed E-state index contributed by atoms with van der Waals surface area (Å²) in [6, 6.07) is 0.383. The maximum Gasteiger partial charge on any atom is 0.137 e. The normalized spacial score (nSPS) is 12.9. The van der Waals surface area contributed by atoms with Gasteiger partial charge in [-0.15, -0.1) is 0 Å². The Morgan fingerprint density at radius 2 is 1.83 bits per heavy atom. The van der Waals surface area contributed by atoms with Crippen LogP contribution in [0.3, 0.4) is 0 Å². The molecule has 4 nitrogen and oxygen atoms in total. The van der Waals surface area contributed by atoms with Crippen LogP contribution in [0.2, 0.25) is 5.15 Å². The first-order valence-electron chi connectivity index (χ1n) is 6.28. The molecular formula is C13H23ClN4. The van der Waals surface area contributed by atoms with Crippen molar-refractivity contribution in [3.05, 3.63) is 16.5 Å². The van der Waals surface area contributed by atoms with Gasteiger partial charge in [-0.25, -0.2) is 9.97 Å². The number of nitrogens with zero attached hydrogens (tertiary/aromatic N) is 4. The van der Waals surface area contributed by atoms with Gasteiger partial charge in [0.25, 0.3) is 0 Å². The summed E-state index contributed by atoms with van der Waals surface area (Å²) in [5.41, 5.74) is 0.953. The lowest BCUT2D eigenvalue weighted by molar-refractivity contribution is 0.372. The van der Waals surface area contributed by atoms with Crippen LogP contribution in [0.5, 0.6) is 0 Å². The van der Waals surface area contributed by atoms with E-state index in [1.807, 2.05) is 13.8 Å². The average Bonchev–Trinajstić information content (AvgIpc) is 2.24. The summed E-state index contributed by atoms with van der Waals surface area (Å²) < 4.78 is 0. The highest BCUT2D eigenvalue weighted by Gasteiger charge is 2.19. The minimum absolute atomic E-state index is 0.383. The summed E-state index contributed by atoms with van der Waals surface area (Å²) in [5.74, 6) is 1.67. The van der Waals surface area contributed by atoms with E-state index in [1.54, 1.807) is 0 Å². The number of rotatable bonds is 5. The summed E-state index contributed by atoms with van der Waals surface area (Å²) in [7, 11) is 4.16. The van der Waals surface area contributed by atoms with Crippen molar-refractivity contribution in [2.24, 2.45) is 0 Å². The van der Waals surface area contributed by atoms with Crippen molar-refractivity contribution in [1.29, 1.82) is 0 Å². The molecule has 0 fully saturated rings. The number of likely N-dealkylation sites (N-methyl/N-ethyl adjacent to an activating group) is 2. The Bertz CT molecular complexity index is 406. The van der Waals surface area contributed by atoms with Gasteiger partial charge in [0, 0.05) is 24.7 Å². The molecule has 1 rings (SSSR count). The fraction of sp³-hybridized carbons (Fsp3) is 0.692. The van der Waals surface area contributed by atoms with Crippen molar-refractivity contribution >= 4 is 17.4 Å². The van der Waals surface area contributed by atoms with Gasteiger partial charge in [0.15, 0.2) is 0 Å². The van der Waals surface area contributed by atoms with Crippen LogP contribution in [-0.4, -0.2) is 48.1 Å². The molecule has 0 aliphatic rings. The van der Waals surface area contributed by atoms with Gasteiger partial charge in [-0.3, -0.25) is 0 Å². The van der Waals surface area contributed by atoms with Gasteiger partial charge in [0.1, 0.15) is 16.8 Å². The highest BCUT2D eigenvalue weighted by Crippen LogP contribution is 2.24. The molecule has 0 spiro atoms. The van der Waals surface area contributed by atoms with E-state index in [4.69, 9.17) is 11.6 Å². The molecule has 18 heavy (non-hydrogen) atoms. The van der Waals surface area contributed by atoms with Crippen LogP contribution >= 0.6 is 11.6 Å². The molecule has 102 valence electrons. The van der Waals surface area contributed by atoms with Crippen molar-refractivity contribution in [3.63, 3.8) is 0 Å². The van der Waals surface area contributed by atoms with Crippen molar-refractivity contribution in [1.82, 2.24) is 14.9 Å². The predicted octanol–water partition coefficient (Wildman–Crippen LogP) is 2.52. The zero-order chi connectivity index (χ0) is 13.9. The van der Waals surface area contributed by atoms with Crippen molar-refractivity contribution < 1.29 is 0 Å². The first kappa shape index (κ1) is 15.2. The van der Waals surface area contributed by atoms with Gasteiger partial charge in [-0.2, -0.15) is 0 Å². The van der Waals surface area contributed by atoms with Gasteiger partial charge >= 0.3 is 0 Å². The van der Waals surface area contributed by atoms with Crippen LogP contribution in [0.1, 0.15) is 25.2 Å². The van der Waals surface area contributed by atoms with E-state index in [0.29, 0.717) is 11.2 Å². The molecule has 1 atom stereocenters. The number of anilines is 1.